The van der Waals surface area contributed by atoms with Gasteiger partial charge in [-0.3, -0.25) is 0 Å². The van der Waals surface area contributed by atoms with E-state index in [1.165, 1.54) is 0 Å². The highest BCUT2D eigenvalue weighted by Gasteiger charge is 2.51. The SMILES string of the molecule is CC(C)(C)c1nc(N)c2c(n1)N=NC2(C(=O)O)c1ccc(Oc2ccccc2)cc1. The number of hydrogen-bond acceptors (Lipinski definition) is 7. The summed E-state index contributed by atoms with van der Waals surface area (Å²) in [4.78, 5) is 21.2. The standard InChI is InChI=1S/C22H21N5O3/c1-21(2,3)19-24-17(23)16-18(25-19)26-27-22(16,20(28)29)13-9-11-15(12-10-13)30-14-7-5-4-6-8-14/h4-12H,1-3H3,(H,28,29)(H2,23,24,25). The van der Waals surface area contributed by atoms with Gasteiger partial charge in [0.1, 0.15) is 23.1 Å². The molecular formula is C22H21N5O3. The van der Waals surface area contributed by atoms with Crippen molar-refractivity contribution in [3.63, 3.8) is 0 Å². The number of para-hydroxylation sites is 1. The van der Waals surface area contributed by atoms with Crippen molar-refractivity contribution in [3.8, 4) is 11.5 Å². The first-order valence-electron chi connectivity index (χ1n) is 9.40. The molecule has 0 fully saturated rings. The van der Waals surface area contributed by atoms with E-state index in [9.17, 15) is 9.90 Å². The number of aliphatic carboxylic acids is 1. The lowest BCUT2D eigenvalue weighted by Crippen LogP contribution is -2.34. The number of hydrogen-bond donors (Lipinski definition) is 2. The van der Waals surface area contributed by atoms with Crippen molar-refractivity contribution in [3.05, 3.63) is 71.5 Å². The predicted octanol–water partition coefficient (Wildman–Crippen LogP) is 4.57. The van der Waals surface area contributed by atoms with Crippen LogP contribution in [0.3, 0.4) is 0 Å². The van der Waals surface area contributed by atoms with Crippen LogP contribution in [0.1, 0.15) is 37.7 Å². The molecule has 0 spiro atoms. The third-order valence-electron chi connectivity index (χ3n) is 4.81. The van der Waals surface area contributed by atoms with E-state index in [0.717, 1.165) is 0 Å². The molecule has 3 aromatic rings. The highest BCUT2D eigenvalue weighted by Crippen LogP contribution is 2.47. The molecule has 0 bridgehead atoms. The van der Waals surface area contributed by atoms with Crippen LogP contribution in [0.5, 0.6) is 11.5 Å². The largest absolute Gasteiger partial charge is 0.479 e. The Bertz CT molecular complexity index is 1140. The number of nitrogen functional groups attached to an aromatic ring is 1. The minimum absolute atomic E-state index is 0.0573. The maximum absolute atomic E-state index is 12.4. The second-order valence-electron chi connectivity index (χ2n) is 8.04. The van der Waals surface area contributed by atoms with Gasteiger partial charge in [-0.2, -0.15) is 5.11 Å². The third-order valence-corrected chi connectivity index (χ3v) is 4.81. The van der Waals surface area contributed by atoms with Crippen molar-refractivity contribution >= 4 is 17.6 Å². The number of aromatic nitrogens is 2. The zero-order valence-corrected chi connectivity index (χ0v) is 16.8. The third kappa shape index (κ3) is 3.16. The summed E-state index contributed by atoms with van der Waals surface area (Å²) in [7, 11) is 0. The van der Waals surface area contributed by atoms with E-state index in [-0.39, 0.29) is 22.6 Å². The number of ether oxygens (including phenoxy) is 1. The van der Waals surface area contributed by atoms with E-state index < -0.39 is 11.5 Å². The summed E-state index contributed by atoms with van der Waals surface area (Å²) in [5.41, 5.74) is 4.58. The Morgan fingerprint density at radius 3 is 2.23 bits per heavy atom. The molecular weight excluding hydrogens is 382 g/mol. The fourth-order valence-electron chi connectivity index (χ4n) is 3.26. The number of nitrogens with two attached hydrogens (primary N) is 1. The predicted molar refractivity (Wildman–Crippen MR) is 111 cm³/mol. The highest BCUT2D eigenvalue weighted by atomic mass is 16.5. The van der Waals surface area contributed by atoms with Crippen LogP contribution in [0.15, 0.2) is 64.8 Å². The number of benzene rings is 2. The summed E-state index contributed by atoms with van der Waals surface area (Å²) >= 11 is 0. The number of carbonyl (C=O) groups is 1. The summed E-state index contributed by atoms with van der Waals surface area (Å²) in [5, 5.41) is 18.3. The Balaban J connectivity index is 1.76. The molecule has 8 nitrogen and oxygen atoms in total. The maximum Gasteiger partial charge on any atom is 0.343 e. The molecule has 2 aromatic carbocycles. The van der Waals surface area contributed by atoms with Gasteiger partial charge in [-0.15, -0.1) is 5.11 Å². The lowest BCUT2D eigenvalue weighted by Gasteiger charge is -2.24. The Hall–Kier alpha value is -3.81. The van der Waals surface area contributed by atoms with E-state index in [1.54, 1.807) is 24.3 Å². The lowest BCUT2D eigenvalue weighted by atomic mass is 9.84. The first kappa shape index (κ1) is 19.5. The van der Waals surface area contributed by atoms with Gasteiger partial charge in [-0.25, -0.2) is 14.8 Å². The summed E-state index contributed by atoms with van der Waals surface area (Å²) in [6.45, 7) is 5.82. The van der Waals surface area contributed by atoms with Crippen molar-refractivity contribution < 1.29 is 14.6 Å². The molecule has 30 heavy (non-hydrogen) atoms. The van der Waals surface area contributed by atoms with Gasteiger partial charge in [0.25, 0.3) is 0 Å². The number of carboxylic acids is 1. The van der Waals surface area contributed by atoms with Crippen molar-refractivity contribution in [2.24, 2.45) is 10.2 Å². The summed E-state index contributed by atoms with van der Waals surface area (Å²) in [6, 6.07) is 15.9. The highest BCUT2D eigenvalue weighted by molar-refractivity contribution is 5.90. The van der Waals surface area contributed by atoms with Crippen molar-refractivity contribution in [2.75, 3.05) is 5.73 Å². The molecule has 0 aliphatic carbocycles. The van der Waals surface area contributed by atoms with Gasteiger partial charge in [0, 0.05) is 5.41 Å². The van der Waals surface area contributed by atoms with Gasteiger partial charge in [0.15, 0.2) is 5.82 Å². The van der Waals surface area contributed by atoms with Crippen LogP contribution in [0, 0.1) is 0 Å². The minimum Gasteiger partial charge on any atom is -0.479 e. The summed E-state index contributed by atoms with van der Waals surface area (Å²) in [5.74, 6) is 0.747. The first-order chi connectivity index (χ1) is 14.2. The van der Waals surface area contributed by atoms with Gasteiger partial charge < -0.3 is 15.6 Å². The van der Waals surface area contributed by atoms with Gasteiger partial charge >= 0.3 is 5.97 Å². The molecule has 152 valence electrons. The second-order valence-corrected chi connectivity index (χ2v) is 8.04. The molecule has 8 heteroatoms. The van der Waals surface area contributed by atoms with Crippen LogP contribution in [0.25, 0.3) is 0 Å². The molecule has 0 saturated carbocycles. The van der Waals surface area contributed by atoms with E-state index in [4.69, 9.17) is 10.5 Å². The summed E-state index contributed by atoms with van der Waals surface area (Å²) < 4.78 is 5.78. The molecule has 0 amide bonds. The van der Waals surface area contributed by atoms with Crippen LogP contribution in [-0.4, -0.2) is 21.0 Å². The molecule has 0 radical (unpaired) electrons. The van der Waals surface area contributed by atoms with E-state index >= 15 is 0 Å². The fourth-order valence-corrected chi connectivity index (χ4v) is 3.26. The fraction of sp³-hybridized carbons (Fsp3) is 0.227. The smallest absolute Gasteiger partial charge is 0.343 e. The molecule has 3 N–H and O–H groups in total. The molecule has 1 aliphatic heterocycles. The Morgan fingerprint density at radius 1 is 1.00 bits per heavy atom. The molecule has 1 aliphatic rings. The van der Waals surface area contributed by atoms with Gasteiger partial charge in [-0.05, 0) is 29.8 Å². The molecule has 4 rings (SSSR count). The Kier molecular flexibility index (Phi) is 4.49. The van der Waals surface area contributed by atoms with Crippen molar-refractivity contribution in [1.29, 1.82) is 0 Å². The van der Waals surface area contributed by atoms with Crippen LogP contribution in [0.2, 0.25) is 0 Å². The monoisotopic (exact) mass is 403 g/mol. The van der Waals surface area contributed by atoms with Crippen molar-refractivity contribution in [1.82, 2.24) is 9.97 Å². The topological polar surface area (TPSA) is 123 Å². The lowest BCUT2D eigenvalue weighted by molar-refractivity contribution is -0.141. The van der Waals surface area contributed by atoms with E-state index in [2.05, 4.69) is 20.2 Å². The van der Waals surface area contributed by atoms with Crippen LogP contribution < -0.4 is 10.5 Å². The zero-order chi connectivity index (χ0) is 21.5. The number of rotatable bonds is 4. The van der Waals surface area contributed by atoms with Crippen LogP contribution >= 0.6 is 0 Å². The van der Waals surface area contributed by atoms with Crippen molar-refractivity contribution in [2.45, 2.75) is 31.7 Å². The number of nitrogens with zero attached hydrogens (tertiary/aromatic N) is 4. The Labute approximate surface area is 173 Å². The maximum atomic E-state index is 12.4. The van der Waals surface area contributed by atoms with Gasteiger partial charge in [-0.1, -0.05) is 51.1 Å². The minimum atomic E-state index is -1.80. The molecule has 1 aromatic heterocycles. The first-order valence-corrected chi connectivity index (χ1v) is 9.40. The Morgan fingerprint density at radius 2 is 1.63 bits per heavy atom. The van der Waals surface area contributed by atoms with Crippen LogP contribution in [0.4, 0.5) is 11.6 Å². The van der Waals surface area contributed by atoms with E-state index in [0.29, 0.717) is 22.9 Å². The average Bonchev–Trinajstić information content (AvgIpc) is 3.10. The molecule has 1 atom stereocenters. The van der Waals surface area contributed by atoms with Gasteiger partial charge in [0.05, 0.1) is 5.56 Å². The quantitative estimate of drug-likeness (QED) is 0.657. The van der Waals surface area contributed by atoms with Gasteiger partial charge in [0.2, 0.25) is 5.54 Å². The molecule has 1 unspecified atom stereocenters. The van der Waals surface area contributed by atoms with Crippen LogP contribution in [-0.2, 0) is 15.7 Å². The number of fused-ring (bicyclic) bond motifs is 1. The van der Waals surface area contributed by atoms with E-state index in [1.807, 2.05) is 51.1 Å². The average molecular weight is 403 g/mol. The summed E-state index contributed by atoms with van der Waals surface area (Å²) in [6.07, 6.45) is 0. The normalized spacial score (nSPS) is 17.6. The zero-order valence-electron chi connectivity index (χ0n) is 16.8. The molecule has 2 heterocycles. The second kappa shape index (κ2) is 6.91. The number of carboxylic acid groups (broad SMARTS) is 1. The number of azo groups is 1. The number of anilines is 1. The molecule has 0 saturated heterocycles.